The second-order valence-corrected chi connectivity index (χ2v) is 5.82. The number of halogens is 1. The lowest BCUT2D eigenvalue weighted by atomic mass is 10.1. The van der Waals surface area contributed by atoms with E-state index in [4.69, 9.17) is 25.8 Å². The van der Waals surface area contributed by atoms with Crippen LogP contribution in [0.5, 0.6) is 11.5 Å². The van der Waals surface area contributed by atoms with Gasteiger partial charge in [-0.2, -0.15) is 0 Å². The molecule has 0 saturated carbocycles. The highest BCUT2D eigenvalue weighted by Gasteiger charge is 2.10. The van der Waals surface area contributed by atoms with Crippen molar-refractivity contribution in [3.8, 4) is 11.5 Å². The molecule has 0 aromatic heterocycles. The molecule has 0 spiro atoms. The Morgan fingerprint density at radius 3 is 2.54 bits per heavy atom. The summed E-state index contributed by atoms with van der Waals surface area (Å²) in [5.41, 5.74) is 2.13. The summed E-state index contributed by atoms with van der Waals surface area (Å²) >= 11 is 5.92. The van der Waals surface area contributed by atoms with Crippen LogP contribution < -0.4 is 14.8 Å². The van der Waals surface area contributed by atoms with Gasteiger partial charge in [-0.25, -0.2) is 0 Å². The van der Waals surface area contributed by atoms with Crippen molar-refractivity contribution in [1.82, 2.24) is 5.32 Å². The molecule has 5 heteroatoms. The molecule has 2 rings (SSSR count). The summed E-state index contributed by atoms with van der Waals surface area (Å²) < 4.78 is 16.5. The molecule has 2 aromatic rings. The summed E-state index contributed by atoms with van der Waals surface area (Å²) in [5, 5.41) is 4.12. The number of ether oxygens (including phenoxy) is 3. The third-order valence-electron chi connectivity index (χ3n) is 3.59. The van der Waals surface area contributed by atoms with Gasteiger partial charge in [-0.15, -0.1) is 0 Å². The number of benzene rings is 2. The Kier molecular flexibility index (Phi) is 7.89. The normalized spacial score (nSPS) is 10.6. The van der Waals surface area contributed by atoms with Crippen LogP contribution in [0.25, 0.3) is 0 Å². The maximum absolute atomic E-state index is 6.03. The zero-order chi connectivity index (χ0) is 17.2. The van der Waals surface area contributed by atoms with E-state index in [-0.39, 0.29) is 0 Å². The summed E-state index contributed by atoms with van der Waals surface area (Å²) in [7, 11) is 3.37. The van der Waals surface area contributed by atoms with Gasteiger partial charge < -0.3 is 19.5 Å². The van der Waals surface area contributed by atoms with E-state index in [9.17, 15) is 0 Å². The predicted octanol–water partition coefficient (Wildman–Crippen LogP) is 4.05. The number of methoxy groups -OCH3 is 2. The van der Waals surface area contributed by atoms with Gasteiger partial charge in [0.15, 0.2) is 11.5 Å². The summed E-state index contributed by atoms with van der Waals surface area (Å²) in [4.78, 5) is 0. The number of hydrogen-bond acceptors (Lipinski definition) is 4. The van der Waals surface area contributed by atoms with Crippen molar-refractivity contribution in [2.45, 2.75) is 19.6 Å². The molecule has 0 aliphatic rings. The number of nitrogens with one attached hydrogen (secondary N) is 1. The highest BCUT2D eigenvalue weighted by Crippen LogP contribution is 2.31. The van der Waals surface area contributed by atoms with E-state index in [0.29, 0.717) is 6.61 Å². The second-order valence-electron chi connectivity index (χ2n) is 5.39. The van der Waals surface area contributed by atoms with E-state index in [0.717, 1.165) is 53.8 Å². The van der Waals surface area contributed by atoms with Gasteiger partial charge in [0.1, 0.15) is 6.61 Å². The smallest absolute Gasteiger partial charge is 0.166 e. The third-order valence-corrected chi connectivity index (χ3v) is 3.85. The third kappa shape index (κ3) is 5.71. The highest BCUT2D eigenvalue weighted by atomic mass is 35.5. The zero-order valence-corrected chi connectivity index (χ0v) is 14.9. The van der Waals surface area contributed by atoms with Crippen LogP contribution in [-0.4, -0.2) is 27.4 Å². The minimum atomic E-state index is 0.466. The average Bonchev–Trinajstić information content (AvgIpc) is 2.61. The molecular formula is C19H24ClNO3. The van der Waals surface area contributed by atoms with Crippen molar-refractivity contribution >= 4 is 11.6 Å². The Bertz CT molecular complexity index is 617. The molecule has 0 fully saturated rings. The maximum Gasteiger partial charge on any atom is 0.166 e. The quantitative estimate of drug-likeness (QED) is 0.657. The SMILES string of the molecule is COCCCNCc1cccc(OC)c1OCc1ccc(Cl)cc1. The summed E-state index contributed by atoms with van der Waals surface area (Å²) in [6.07, 6.45) is 0.974. The van der Waals surface area contributed by atoms with Crippen LogP contribution in [0.3, 0.4) is 0 Å². The van der Waals surface area contributed by atoms with Gasteiger partial charge in [0.25, 0.3) is 0 Å². The van der Waals surface area contributed by atoms with Crippen LogP contribution in [0, 0.1) is 0 Å². The van der Waals surface area contributed by atoms with Crippen LogP contribution in [0.15, 0.2) is 42.5 Å². The van der Waals surface area contributed by atoms with Crippen molar-refractivity contribution in [1.29, 1.82) is 0 Å². The van der Waals surface area contributed by atoms with Gasteiger partial charge in [-0.1, -0.05) is 35.9 Å². The average molecular weight is 350 g/mol. The zero-order valence-electron chi connectivity index (χ0n) is 14.2. The first-order valence-corrected chi connectivity index (χ1v) is 8.35. The number of para-hydroxylation sites is 1. The minimum absolute atomic E-state index is 0.466. The summed E-state index contributed by atoms with van der Waals surface area (Å²) in [6, 6.07) is 13.6. The van der Waals surface area contributed by atoms with Gasteiger partial charge in [0, 0.05) is 30.8 Å². The molecule has 0 heterocycles. The Morgan fingerprint density at radius 2 is 1.83 bits per heavy atom. The van der Waals surface area contributed by atoms with E-state index >= 15 is 0 Å². The van der Waals surface area contributed by atoms with E-state index in [1.54, 1.807) is 14.2 Å². The first kappa shape index (κ1) is 18.6. The fourth-order valence-corrected chi connectivity index (χ4v) is 2.45. The lowest BCUT2D eigenvalue weighted by Crippen LogP contribution is -2.17. The van der Waals surface area contributed by atoms with Crippen LogP contribution >= 0.6 is 11.6 Å². The lowest BCUT2D eigenvalue weighted by Gasteiger charge is -2.16. The molecule has 4 nitrogen and oxygen atoms in total. The van der Waals surface area contributed by atoms with Crippen molar-refractivity contribution in [2.75, 3.05) is 27.4 Å². The highest BCUT2D eigenvalue weighted by molar-refractivity contribution is 6.30. The molecule has 2 aromatic carbocycles. The molecule has 0 aliphatic heterocycles. The van der Waals surface area contributed by atoms with Gasteiger partial charge in [0.2, 0.25) is 0 Å². The summed E-state index contributed by atoms with van der Waals surface area (Å²) in [5.74, 6) is 1.51. The van der Waals surface area contributed by atoms with E-state index in [2.05, 4.69) is 5.32 Å². The first-order chi connectivity index (χ1) is 11.7. The van der Waals surface area contributed by atoms with Crippen LogP contribution in [0.1, 0.15) is 17.5 Å². The standard InChI is InChI=1S/C19H24ClNO3/c1-22-12-4-11-21-13-16-5-3-6-18(23-2)19(16)24-14-15-7-9-17(20)10-8-15/h3,5-10,21H,4,11-14H2,1-2H3. The molecular weight excluding hydrogens is 326 g/mol. The van der Waals surface area contributed by atoms with Gasteiger partial charge in [-0.05, 0) is 36.7 Å². The Morgan fingerprint density at radius 1 is 1.04 bits per heavy atom. The van der Waals surface area contributed by atoms with Gasteiger partial charge in [-0.3, -0.25) is 0 Å². The molecule has 24 heavy (non-hydrogen) atoms. The molecule has 0 amide bonds. The molecule has 1 N–H and O–H groups in total. The van der Waals surface area contributed by atoms with Crippen molar-refractivity contribution in [2.24, 2.45) is 0 Å². The second kappa shape index (κ2) is 10.2. The lowest BCUT2D eigenvalue weighted by molar-refractivity contribution is 0.194. The predicted molar refractivity (Wildman–Crippen MR) is 97.0 cm³/mol. The van der Waals surface area contributed by atoms with Gasteiger partial charge in [0.05, 0.1) is 7.11 Å². The van der Waals surface area contributed by atoms with Crippen LogP contribution in [-0.2, 0) is 17.9 Å². The fraction of sp³-hybridized carbons (Fsp3) is 0.368. The van der Waals surface area contributed by atoms with Crippen molar-refractivity contribution < 1.29 is 14.2 Å². The number of hydrogen-bond donors (Lipinski definition) is 1. The van der Waals surface area contributed by atoms with E-state index in [1.165, 1.54) is 0 Å². The molecule has 130 valence electrons. The Hall–Kier alpha value is -1.75. The van der Waals surface area contributed by atoms with E-state index in [1.807, 2.05) is 42.5 Å². The van der Waals surface area contributed by atoms with Crippen LogP contribution in [0.2, 0.25) is 5.02 Å². The topological polar surface area (TPSA) is 39.7 Å². The molecule has 0 aliphatic carbocycles. The van der Waals surface area contributed by atoms with Crippen molar-refractivity contribution in [3.63, 3.8) is 0 Å². The molecule has 0 bridgehead atoms. The number of rotatable bonds is 10. The molecule has 0 radical (unpaired) electrons. The molecule has 0 atom stereocenters. The Balaban J connectivity index is 2.01. The fourth-order valence-electron chi connectivity index (χ4n) is 2.33. The van der Waals surface area contributed by atoms with Crippen molar-refractivity contribution in [3.05, 3.63) is 58.6 Å². The minimum Gasteiger partial charge on any atom is -0.493 e. The monoisotopic (exact) mass is 349 g/mol. The largest absolute Gasteiger partial charge is 0.493 e. The molecule has 0 unspecified atom stereocenters. The van der Waals surface area contributed by atoms with Crippen LogP contribution in [0.4, 0.5) is 0 Å². The first-order valence-electron chi connectivity index (χ1n) is 7.97. The van der Waals surface area contributed by atoms with Gasteiger partial charge >= 0.3 is 0 Å². The summed E-state index contributed by atoms with van der Waals surface area (Å²) in [6.45, 7) is 2.83. The maximum atomic E-state index is 6.03. The Labute approximate surface area is 148 Å². The van der Waals surface area contributed by atoms with E-state index < -0.39 is 0 Å². The molecule has 0 saturated heterocycles.